The van der Waals surface area contributed by atoms with E-state index in [9.17, 15) is 9.59 Å². The molecule has 11 heavy (non-hydrogen) atoms. The maximum Gasteiger partial charge on any atom is 0.284 e. The topological polar surface area (TPSA) is 46.2 Å². The number of hydrogen-bond donors (Lipinski definition) is 1. The van der Waals surface area contributed by atoms with Crippen LogP contribution in [0.15, 0.2) is 0 Å². The van der Waals surface area contributed by atoms with E-state index in [0.717, 1.165) is 12.3 Å². The molecule has 0 aromatic rings. The molecule has 0 saturated heterocycles. The standard InChI is InChI=1S/C8H13NO2/c10-6-8(11)9-5-4-7-2-1-3-7/h6-7H,1-5H2,(H,9,11). The quantitative estimate of drug-likeness (QED) is 0.474. The molecule has 0 aromatic heterocycles. The summed E-state index contributed by atoms with van der Waals surface area (Å²) in [5.74, 6) is 0.297. The van der Waals surface area contributed by atoms with Gasteiger partial charge in [0.05, 0.1) is 0 Å². The van der Waals surface area contributed by atoms with Gasteiger partial charge in [-0.2, -0.15) is 0 Å². The fourth-order valence-electron chi connectivity index (χ4n) is 1.22. The van der Waals surface area contributed by atoms with Gasteiger partial charge in [-0.05, 0) is 12.3 Å². The Kier molecular flexibility index (Phi) is 3.08. The van der Waals surface area contributed by atoms with E-state index in [1.807, 2.05) is 0 Å². The summed E-state index contributed by atoms with van der Waals surface area (Å²) in [6, 6.07) is 0. The molecule has 0 unspecified atom stereocenters. The highest BCUT2D eigenvalue weighted by Crippen LogP contribution is 2.28. The molecule has 0 aliphatic heterocycles. The van der Waals surface area contributed by atoms with Crippen LogP contribution < -0.4 is 5.32 Å². The van der Waals surface area contributed by atoms with Crippen molar-refractivity contribution in [2.24, 2.45) is 5.92 Å². The Hall–Kier alpha value is -0.860. The predicted molar refractivity (Wildman–Crippen MR) is 41.0 cm³/mol. The molecule has 0 aromatic carbocycles. The largest absolute Gasteiger partial charge is 0.350 e. The number of aldehydes is 1. The second kappa shape index (κ2) is 4.11. The van der Waals surface area contributed by atoms with Crippen LogP contribution in [0.1, 0.15) is 25.7 Å². The fourth-order valence-corrected chi connectivity index (χ4v) is 1.22. The molecule has 0 radical (unpaired) electrons. The van der Waals surface area contributed by atoms with E-state index < -0.39 is 5.91 Å². The predicted octanol–water partition coefficient (Wildman–Crippen LogP) is 0.492. The van der Waals surface area contributed by atoms with E-state index in [1.165, 1.54) is 19.3 Å². The third-order valence-electron chi connectivity index (χ3n) is 2.18. The van der Waals surface area contributed by atoms with Crippen LogP contribution in [0.25, 0.3) is 0 Å². The summed E-state index contributed by atoms with van der Waals surface area (Å²) in [6.45, 7) is 0.655. The smallest absolute Gasteiger partial charge is 0.284 e. The van der Waals surface area contributed by atoms with Gasteiger partial charge in [-0.15, -0.1) is 0 Å². The van der Waals surface area contributed by atoms with Crippen molar-refractivity contribution >= 4 is 12.2 Å². The van der Waals surface area contributed by atoms with Gasteiger partial charge in [0, 0.05) is 6.54 Å². The molecular formula is C8H13NO2. The van der Waals surface area contributed by atoms with Gasteiger partial charge in [-0.3, -0.25) is 9.59 Å². The Morgan fingerprint density at radius 2 is 2.27 bits per heavy atom. The van der Waals surface area contributed by atoms with E-state index in [-0.39, 0.29) is 0 Å². The molecule has 0 heterocycles. The van der Waals surface area contributed by atoms with Crippen LogP contribution in [0, 0.1) is 5.92 Å². The molecule has 1 rings (SSSR count). The molecule has 1 amide bonds. The van der Waals surface area contributed by atoms with Crippen molar-refractivity contribution in [3.8, 4) is 0 Å². The Morgan fingerprint density at radius 1 is 1.55 bits per heavy atom. The minimum atomic E-state index is -0.496. The van der Waals surface area contributed by atoms with Gasteiger partial charge in [0.25, 0.3) is 5.91 Å². The van der Waals surface area contributed by atoms with Crippen molar-refractivity contribution < 1.29 is 9.59 Å². The van der Waals surface area contributed by atoms with Gasteiger partial charge in [-0.1, -0.05) is 19.3 Å². The lowest BCUT2D eigenvalue weighted by atomic mass is 9.83. The van der Waals surface area contributed by atoms with Crippen molar-refractivity contribution in [1.82, 2.24) is 5.32 Å². The van der Waals surface area contributed by atoms with Crippen molar-refractivity contribution in [3.05, 3.63) is 0 Å². The van der Waals surface area contributed by atoms with Crippen molar-refractivity contribution in [2.75, 3.05) is 6.54 Å². The third-order valence-corrected chi connectivity index (χ3v) is 2.18. The van der Waals surface area contributed by atoms with E-state index >= 15 is 0 Å². The van der Waals surface area contributed by atoms with E-state index in [2.05, 4.69) is 5.32 Å². The molecule has 1 N–H and O–H groups in total. The van der Waals surface area contributed by atoms with Gasteiger partial charge in [-0.25, -0.2) is 0 Å². The zero-order valence-corrected chi connectivity index (χ0v) is 6.51. The SMILES string of the molecule is O=CC(=O)NCCC1CCC1. The van der Waals surface area contributed by atoms with Crippen LogP contribution in [0.2, 0.25) is 0 Å². The minimum Gasteiger partial charge on any atom is -0.350 e. The van der Waals surface area contributed by atoms with Crippen LogP contribution in [-0.2, 0) is 9.59 Å². The molecule has 0 spiro atoms. The average Bonchev–Trinajstić information content (AvgIpc) is 1.94. The molecular weight excluding hydrogens is 142 g/mol. The number of carbonyl (C=O) groups is 2. The maximum atomic E-state index is 10.4. The van der Waals surface area contributed by atoms with E-state index in [1.54, 1.807) is 0 Å². The molecule has 1 fully saturated rings. The van der Waals surface area contributed by atoms with Gasteiger partial charge in [0.2, 0.25) is 6.29 Å². The van der Waals surface area contributed by atoms with Gasteiger partial charge >= 0.3 is 0 Å². The first-order valence-corrected chi connectivity index (χ1v) is 4.06. The summed E-state index contributed by atoms with van der Waals surface area (Å²) in [6.07, 6.45) is 5.25. The second-order valence-corrected chi connectivity index (χ2v) is 2.99. The number of amides is 1. The first kappa shape index (κ1) is 8.24. The summed E-state index contributed by atoms with van der Waals surface area (Å²) in [5.41, 5.74) is 0. The Balaban J connectivity index is 1.94. The van der Waals surface area contributed by atoms with E-state index in [4.69, 9.17) is 0 Å². The monoisotopic (exact) mass is 155 g/mol. The lowest BCUT2D eigenvalue weighted by molar-refractivity contribution is -0.131. The van der Waals surface area contributed by atoms with Crippen molar-refractivity contribution in [3.63, 3.8) is 0 Å². The third kappa shape index (κ3) is 2.70. The van der Waals surface area contributed by atoms with Crippen LogP contribution in [0.4, 0.5) is 0 Å². The van der Waals surface area contributed by atoms with Crippen molar-refractivity contribution in [2.45, 2.75) is 25.7 Å². The maximum absolute atomic E-state index is 10.4. The van der Waals surface area contributed by atoms with E-state index in [0.29, 0.717) is 12.8 Å². The molecule has 3 nitrogen and oxygen atoms in total. The number of rotatable bonds is 4. The normalized spacial score (nSPS) is 17.1. The molecule has 0 bridgehead atoms. The number of carbonyl (C=O) groups excluding carboxylic acids is 2. The van der Waals surface area contributed by atoms with Crippen LogP contribution in [-0.4, -0.2) is 18.7 Å². The lowest BCUT2D eigenvalue weighted by Crippen LogP contribution is -2.27. The van der Waals surface area contributed by atoms with Crippen molar-refractivity contribution in [1.29, 1.82) is 0 Å². The highest BCUT2D eigenvalue weighted by molar-refractivity contribution is 6.23. The van der Waals surface area contributed by atoms with Gasteiger partial charge in [0.1, 0.15) is 0 Å². The fraction of sp³-hybridized carbons (Fsp3) is 0.750. The molecule has 1 saturated carbocycles. The van der Waals surface area contributed by atoms with Crippen LogP contribution >= 0.6 is 0 Å². The molecule has 1 aliphatic rings. The highest BCUT2D eigenvalue weighted by atomic mass is 16.2. The van der Waals surface area contributed by atoms with Gasteiger partial charge in [0.15, 0.2) is 0 Å². The molecule has 3 heteroatoms. The average molecular weight is 155 g/mol. The summed E-state index contributed by atoms with van der Waals surface area (Å²) < 4.78 is 0. The molecule has 0 atom stereocenters. The minimum absolute atomic E-state index is 0.320. The Labute approximate surface area is 66.2 Å². The van der Waals surface area contributed by atoms with Gasteiger partial charge < -0.3 is 5.32 Å². The second-order valence-electron chi connectivity index (χ2n) is 2.99. The first-order chi connectivity index (χ1) is 5.33. The molecule has 1 aliphatic carbocycles. The Morgan fingerprint density at radius 3 is 2.73 bits per heavy atom. The zero-order valence-electron chi connectivity index (χ0n) is 6.51. The highest BCUT2D eigenvalue weighted by Gasteiger charge is 2.16. The lowest BCUT2D eigenvalue weighted by Gasteiger charge is -2.24. The summed E-state index contributed by atoms with van der Waals surface area (Å²) >= 11 is 0. The zero-order chi connectivity index (χ0) is 8.10. The Bertz CT molecular complexity index is 152. The number of nitrogens with one attached hydrogen (secondary N) is 1. The number of hydrogen-bond acceptors (Lipinski definition) is 2. The molecule has 62 valence electrons. The van der Waals surface area contributed by atoms with Crippen LogP contribution in [0.5, 0.6) is 0 Å². The first-order valence-electron chi connectivity index (χ1n) is 4.06. The van der Waals surface area contributed by atoms with Crippen LogP contribution in [0.3, 0.4) is 0 Å². The summed E-state index contributed by atoms with van der Waals surface area (Å²) in [4.78, 5) is 20.3. The summed E-state index contributed by atoms with van der Waals surface area (Å²) in [7, 11) is 0. The summed E-state index contributed by atoms with van der Waals surface area (Å²) in [5, 5.41) is 2.52.